The predicted octanol–water partition coefficient (Wildman–Crippen LogP) is 2.86. The maximum absolute atomic E-state index is 11.9. The Morgan fingerprint density at radius 2 is 1.67 bits per heavy atom. The number of nitrogens with one attached hydrogen (secondary N) is 2. The van der Waals surface area contributed by atoms with Crippen LogP contribution in [0.2, 0.25) is 0 Å². The summed E-state index contributed by atoms with van der Waals surface area (Å²) in [5, 5.41) is 6.00. The van der Waals surface area contributed by atoms with E-state index >= 15 is 0 Å². The van der Waals surface area contributed by atoms with E-state index in [2.05, 4.69) is 10.6 Å². The van der Waals surface area contributed by atoms with Gasteiger partial charge in [0.2, 0.25) is 5.91 Å². The van der Waals surface area contributed by atoms with Crippen molar-refractivity contribution in [3.63, 3.8) is 0 Å². The van der Waals surface area contributed by atoms with E-state index < -0.39 is 0 Å². The Bertz CT molecular complexity index is 624. The molecular formula is C19H24N2O3. The van der Waals surface area contributed by atoms with Gasteiger partial charge in [-0.25, -0.2) is 0 Å². The van der Waals surface area contributed by atoms with Crippen molar-refractivity contribution in [2.24, 2.45) is 0 Å². The second-order valence-electron chi connectivity index (χ2n) is 5.28. The minimum Gasteiger partial charge on any atom is -0.497 e. The Hall–Kier alpha value is -2.53. The highest BCUT2D eigenvalue weighted by molar-refractivity contribution is 5.92. The van der Waals surface area contributed by atoms with Gasteiger partial charge in [-0.1, -0.05) is 12.1 Å². The molecule has 2 N–H and O–H groups in total. The van der Waals surface area contributed by atoms with E-state index in [1.807, 2.05) is 55.5 Å². The van der Waals surface area contributed by atoms with Crippen molar-refractivity contribution >= 4 is 11.6 Å². The molecule has 0 radical (unpaired) electrons. The third-order valence-electron chi connectivity index (χ3n) is 3.48. The fraction of sp³-hybridized carbons (Fsp3) is 0.316. The molecule has 0 aliphatic rings. The van der Waals surface area contributed by atoms with Gasteiger partial charge in [0.05, 0.1) is 20.3 Å². The lowest BCUT2D eigenvalue weighted by molar-refractivity contribution is -0.115. The second kappa shape index (κ2) is 9.57. The standard InChI is InChI=1S/C19H24N2O3/c1-3-24-18-10-6-16(7-11-18)21-19(22)14-20-13-12-15-4-8-17(23-2)9-5-15/h4-11,20H,3,12-14H2,1-2H3,(H,21,22). The van der Waals surface area contributed by atoms with Crippen molar-refractivity contribution in [1.82, 2.24) is 5.32 Å². The third-order valence-corrected chi connectivity index (χ3v) is 3.48. The summed E-state index contributed by atoms with van der Waals surface area (Å²) >= 11 is 0. The van der Waals surface area contributed by atoms with Crippen LogP contribution in [0.15, 0.2) is 48.5 Å². The van der Waals surface area contributed by atoms with E-state index in [1.165, 1.54) is 5.56 Å². The van der Waals surface area contributed by atoms with Crippen LogP contribution < -0.4 is 20.1 Å². The lowest BCUT2D eigenvalue weighted by Gasteiger charge is -2.08. The van der Waals surface area contributed by atoms with Crippen LogP contribution >= 0.6 is 0 Å². The molecule has 0 saturated heterocycles. The molecule has 0 unspecified atom stereocenters. The van der Waals surface area contributed by atoms with Crippen LogP contribution in [0.3, 0.4) is 0 Å². The van der Waals surface area contributed by atoms with Gasteiger partial charge in [-0.2, -0.15) is 0 Å². The molecule has 2 aromatic rings. The number of carbonyl (C=O) groups is 1. The van der Waals surface area contributed by atoms with E-state index in [-0.39, 0.29) is 12.5 Å². The van der Waals surface area contributed by atoms with Crippen molar-refractivity contribution in [3.05, 3.63) is 54.1 Å². The number of carbonyl (C=O) groups excluding carboxylic acids is 1. The van der Waals surface area contributed by atoms with Gasteiger partial charge in [-0.05, 0) is 61.9 Å². The highest BCUT2D eigenvalue weighted by Gasteiger charge is 2.02. The van der Waals surface area contributed by atoms with Crippen LogP contribution in [0.4, 0.5) is 5.69 Å². The van der Waals surface area contributed by atoms with Gasteiger partial charge in [0, 0.05) is 5.69 Å². The molecule has 0 spiro atoms. The summed E-state index contributed by atoms with van der Waals surface area (Å²) in [5.41, 5.74) is 1.97. The minimum absolute atomic E-state index is 0.0612. The van der Waals surface area contributed by atoms with E-state index in [0.29, 0.717) is 6.61 Å². The van der Waals surface area contributed by atoms with Crippen molar-refractivity contribution < 1.29 is 14.3 Å². The smallest absolute Gasteiger partial charge is 0.238 e. The molecule has 0 bridgehead atoms. The number of methoxy groups -OCH3 is 1. The number of hydrogen-bond acceptors (Lipinski definition) is 4. The number of amides is 1. The van der Waals surface area contributed by atoms with Crippen molar-refractivity contribution in [2.45, 2.75) is 13.3 Å². The van der Waals surface area contributed by atoms with E-state index in [1.54, 1.807) is 7.11 Å². The van der Waals surface area contributed by atoms with Gasteiger partial charge in [-0.3, -0.25) is 4.79 Å². The molecule has 128 valence electrons. The molecule has 0 heterocycles. The highest BCUT2D eigenvalue weighted by Crippen LogP contribution is 2.15. The van der Waals surface area contributed by atoms with Crippen LogP contribution in [-0.2, 0) is 11.2 Å². The summed E-state index contributed by atoms with van der Waals surface area (Å²) in [6.07, 6.45) is 0.861. The largest absolute Gasteiger partial charge is 0.497 e. The number of ether oxygens (including phenoxy) is 2. The molecule has 5 nitrogen and oxygen atoms in total. The molecule has 1 amide bonds. The Morgan fingerprint density at radius 3 is 2.29 bits per heavy atom. The zero-order valence-electron chi connectivity index (χ0n) is 14.2. The first kappa shape index (κ1) is 17.8. The van der Waals surface area contributed by atoms with Gasteiger partial charge in [0.25, 0.3) is 0 Å². The number of rotatable bonds is 9. The summed E-state index contributed by atoms with van der Waals surface area (Å²) in [7, 11) is 1.65. The SMILES string of the molecule is CCOc1ccc(NC(=O)CNCCc2ccc(OC)cc2)cc1. The Morgan fingerprint density at radius 1 is 1.00 bits per heavy atom. The quantitative estimate of drug-likeness (QED) is 0.695. The predicted molar refractivity (Wildman–Crippen MR) is 95.8 cm³/mol. The second-order valence-corrected chi connectivity index (χ2v) is 5.28. The molecule has 0 fully saturated rings. The maximum atomic E-state index is 11.9. The molecule has 0 atom stereocenters. The first-order valence-corrected chi connectivity index (χ1v) is 8.07. The van der Waals surface area contributed by atoms with Gasteiger partial charge in [-0.15, -0.1) is 0 Å². The van der Waals surface area contributed by atoms with Crippen LogP contribution in [-0.4, -0.2) is 32.7 Å². The lowest BCUT2D eigenvalue weighted by atomic mass is 10.1. The summed E-state index contributed by atoms with van der Waals surface area (Å²) < 4.78 is 10.5. The van der Waals surface area contributed by atoms with E-state index in [0.717, 1.165) is 30.2 Å². The molecule has 24 heavy (non-hydrogen) atoms. The first-order chi connectivity index (χ1) is 11.7. The van der Waals surface area contributed by atoms with Crippen LogP contribution in [0, 0.1) is 0 Å². The molecule has 2 aromatic carbocycles. The van der Waals surface area contributed by atoms with E-state index in [9.17, 15) is 4.79 Å². The first-order valence-electron chi connectivity index (χ1n) is 8.07. The van der Waals surface area contributed by atoms with Crippen molar-refractivity contribution in [2.75, 3.05) is 32.1 Å². The molecule has 5 heteroatoms. The Labute approximate surface area is 143 Å². The molecular weight excluding hydrogens is 304 g/mol. The fourth-order valence-corrected chi connectivity index (χ4v) is 2.23. The molecule has 2 rings (SSSR count). The summed E-state index contributed by atoms with van der Waals surface area (Å²) in [6, 6.07) is 15.3. The Balaban J connectivity index is 1.67. The van der Waals surface area contributed by atoms with Gasteiger partial charge in [0.15, 0.2) is 0 Å². The summed E-state index contributed by atoms with van der Waals surface area (Å²) in [4.78, 5) is 11.9. The average Bonchev–Trinajstić information content (AvgIpc) is 2.61. The fourth-order valence-electron chi connectivity index (χ4n) is 2.23. The maximum Gasteiger partial charge on any atom is 0.238 e. The van der Waals surface area contributed by atoms with Gasteiger partial charge < -0.3 is 20.1 Å². The average molecular weight is 328 g/mol. The third kappa shape index (κ3) is 5.93. The van der Waals surface area contributed by atoms with Gasteiger partial charge >= 0.3 is 0 Å². The number of benzene rings is 2. The van der Waals surface area contributed by atoms with Crippen molar-refractivity contribution in [1.29, 1.82) is 0 Å². The molecule has 0 aliphatic carbocycles. The minimum atomic E-state index is -0.0612. The molecule has 0 aliphatic heterocycles. The van der Waals surface area contributed by atoms with Crippen LogP contribution in [0.25, 0.3) is 0 Å². The van der Waals surface area contributed by atoms with Crippen molar-refractivity contribution in [3.8, 4) is 11.5 Å². The summed E-state index contributed by atoms with van der Waals surface area (Å²) in [6.45, 7) is 3.59. The molecule has 0 saturated carbocycles. The Kier molecular flexibility index (Phi) is 7.11. The van der Waals surface area contributed by atoms with Crippen LogP contribution in [0.1, 0.15) is 12.5 Å². The van der Waals surface area contributed by atoms with Crippen LogP contribution in [0.5, 0.6) is 11.5 Å². The number of hydrogen-bond donors (Lipinski definition) is 2. The van der Waals surface area contributed by atoms with E-state index in [4.69, 9.17) is 9.47 Å². The topological polar surface area (TPSA) is 59.6 Å². The number of anilines is 1. The normalized spacial score (nSPS) is 10.2. The zero-order valence-corrected chi connectivity index (χ0v) is 14.2. The monoisotopic (exact) mass is 328 g/mol. The highest BCUT2D eigenvalue weighted by atomic mass is 16.5. The summed E-state index contributed by atoms with van der Waals surface area (Å²) in [5.74, 6) is 1.59. The lowest BCUT2D eigenvalue weighted by Crippen LogP contribution is -2.29. The van der Waals surface area contributed by atoms with Gasteiger partial charge in [0.1, 0.15) is 11.5 Å². The zero-order chi connectivity index (χ0) is 17.2. The molecule has 0 aromatic heterocycles.